The summed E-state index contributed by atoms with van der Waals surface area (Å²) in [6, 6.07) is 19.6. The van der Waals surface area contributed by atoms with Crippen molar-refractivity contribution in [2.24, 2.45) is 0 Å². The molecule has 0 bridgehead atoms. The Morgan fingerprint density at radius 3 is 0.640 bits per heavy atom. The second-order valence-electron chi connectivity index (χ2n) is 27.1. The predicted octanol–water partition coefficient (Wildman–Crippen LogP) is 25.6. The first kappa shape index (κ1) is 83.9. The maximum Gasteiger partial charge on any atom is 2.00 e. The number of benzene rings is 4. The van der Waals surface area contributed by atoms with E-state index in [1.165, 1.54) is 319 Å². The Balaban J connectivity index is 0.000000600. The first-order chi connectivity index (χ1) is 42.9. The van der Waals surface area contributed by atoms with Gasteiger partial charge in [-0.15, -0.1) is 0 Å². The van der Waals surface area contributed by atoms with Crippen molar-refractivity contribution in [3.05, 3.63) is 82.9 Å². The summed E-state index contributed by atoms with van der Waals surface area (Å²) in [5.74, 6) is 0. The summed E-state index contributed by atoms with van der Waals surface area (Å²) in [5, 5.41) is 4.01. The molecule has 4 aromatic carbocycles. The van der Waals surface area contributed by atoms with E-state index in [0.717, 1.165) is 71.2 Å². The molecule has 0 saturated carbocycles. The smallest absolute Gasteiger partial charge is 0.744 e. The Morgan fingerprint density at radius 2 is 0.438 bits per heavy atom. The molecule has 0 N–H and O–H groups in total. The topological polar surface area (TPSA) is 114 Å². The third kappa shape index (κ3) is 41.4. The quantitative estimate of drug-likeness (QED) is 0.0247. The molecule has 4 aromatic rings. The predicted molar refractivity (Wildman–Crippen MR) is 387 cm³/mol. The Morgan fingerprint density at radius 1 is 0.247 bits per heavy atom. The van der Waals surface area contributed by atoms with Crippen molar-refractivity contribution in [2.75, 3.05) is 0 Å². The third-order valence-corrected chi connectivity index (χ3v) is 20.9. The number of hydrogen-bond donors (Lipinski definition) is 0. The standard InChI is InChI=1S/2C40H68O3S.Ba/c2*1-3-5-7-9-11-13-15-17-19-21-23-25-27-29-36-31-33-38-37(35-36)32-34-40(44(41,42)43)39(38)30-28-26-24-22-20-18-16-14-12-10-8-6-4-2;/h2*31-35H,3-30H2,1-2H3,(H,41,42,43);/q;;+2/p-2. The average Bonchev–Trinajstić information content (AvgIpc) is 1.07. The van der Waals surface area contributed by atoms with Gasteiger partial charge in [0.2, 0.25) is 0 Å². The van der Waals surface area contributed by atoms with E-state index in [2.05, 4.69) is 64.1 Å². The minimum atomic E-state index is -4.49. The van der Waals surface area contributed by atoms with Crippen LogP contribution < -0.4 is 0 Å². The SMILES string of the molecule is CCCCCCCCCCCCCCCc1ccc2c(CCCCCCCCCCCCCCC)c(S(=O)(=O)[O-])ccc2c1.CCCCCCCCCCCCCCCc1ccc2c(CCCCCCCCCCCCCCC)c(S(=O)(=O)[O-])ccc2c1.[Ba+2]. The van der Waals surface area contributed by atoms with Crippen LogP contribution in [0.5, 0.6) is 0 Å². The molecule has 0 atom stereocenters. The number of unbranched alkanes of at least 4 members (excludes halogenated alkanes) is 48. The molecule has 504 valence electrons. The van der Waals surface area contributed by atoms with Crippen molar-refractivity contribution in [3.63, 3.8) is 0 Å². The number of fused-ring (bicyclic) bond motifs is 2. The largest absolute Gasteiger partial charge is 2.00 e. The van der Waals surface area contributed by atoms with Gasteiger partial charge in [0.25, 0.3) is 0 Å². The van der Waals surface area contributed by atoms with Gasteiger partial charge in [0.1, 0.15) is 20.2 Å². The van der Waals surface area contributed by atoms with Crippen molar-refractivity contribution in [2.45, 2.75) is 397 Å². The Labute approximate surface area is 591 Å². The van der Waals surface area contributed by atoms with Gasteiger partial charge in [0, 0.05) is 0 Å². The third-order valence-electron chi connectivity index (χ3n) is 19.0. The summed E-state index contributed by atoms with van der Waals surface area (Å²) in [7, 11) is -8.98. The maximum atomic E-state index is 12.1. The fraction of sp³-hybridized carbons (Fsp3) is 0.750. The van der Waals surface area contributed by atoms with Gasteiger partial charge in [0.15, 0.2) is 0 Å². The zero-order valence-corrected chi connectivity index (χ0v) is 64.4. The van der Waals surface area contributed by atoms with E-state index < -0.39 is 20.2 Å². The summed E-state index contributed by atoms with van der Waals surface area (Å²) in [4.78, 5) is -0.0404. The van der Waals surface area contributed by atoms with Crippen LogP contribution >= 0.6 is 0 Å². The van der Waals surface area contributed by atoms with E-state index in [4.69, 9.17) is 0 Å². The van der Waals surface area contributed by atoms with Gasteiger partial charge in [-0.05, 0) is 107 Å². The molecular formula is C80H134BaO6S2. The molecule has 89 heavy (non-hydrogen) atoms. The molecule has 0 aliphatic rings. The zero-order valence-electron chi connectivity index (χ0n) is 58.3. The fourth-order valence-electron chi connectivity index (χ4n) is 13.5. The second kappa shape index (κ2) is 56.0. The molecule has 0 aliphatic carbocycles. The summed E-state index contributed by atoms with van der Waals surface area (Å²) in [6.45, 7) is 9.09. The Kier molecular flexibility index (Phi) is 52.8. The van der Waals surface area contributed by atoms with Crippen LogP contribution in [0.15, 0.2) is 70.5 Å². The van der Waals surface area contributed by atoms with Crippen molar-refractivity contribution < 1.29 is 25.9 Å². The van der Waals surface area contributed by atoms with Crippen molar-refractivity contribution in [3.8, 4) is 0 Å². The number of rotatable bonds is 58. The summed E-state index contributed by atoms with van der Waals surface area (Å²) >= 11 is 0. The zero-order chi connectivity index (χ0) is 63.4. The molecule has 9 heteroatoms. The van der Waals surface area contributed by atoms with Crippen LogP contribution in [-0.2, 0) is 45.9 Å². The molecule has 0 heterocycles. The van der Waals surface area contributed by atoms with Crippen LogP contribution in [0, 0.1) is 0 Å². The van der Waals surface area contributed by atoms with Crippen molar-refractivity contribution in [1.29, 1.82) is 0 Å². The van der Waals surface area contributed by atoms with Gasteiger partial charge >= 0.3 is 48.9 Å². The summed E-state index contributed by atoms with van der Waals surface area (Å²) in [6.07, 6.45) is 72.1. The van der Waals surface area contributed by atoms with Gasteiger partial charge < -0.3 is 9.11 Å². The van der Waals surface area contributed by atoms with E-state index in [-0.39, 0.29) is 58.7 Å². The Hall–Kier alpha value is -1.21. The minimum absolute atomic E-state index is 0. The van der Waals surface area contributed by atoms with Crippen LogP contribution in [-0.4, -0.2) is 74.8 Å². The Bertz CT molecular complexity index is 2370. The summed E-state index contributed by atoms with van der Waals surface area (Å²) < 4.78 is 72.6. The maximum absolute atomic E-state index is 12.1. The van der Waals surface area contributed by atoms with Gasteiger partial charge in [-0.25, -0.2) is 16.8 Å². The molecule has 6 nitrogen and oxygen atoms in total. The van der Waals surface area contributed by atoms with E-state index in [1.807, 2.05) is 12.1 Å². The fourth-order valence-corrected chi connectivity index (χ4v) is 15.0. The number of aryl methyl sites for hydroxylation is 4. The van der Waals surface area contributed by atoms with Crippen LogP contribution in [0.1, 0.15) is 384 Å². The van der Waals surface area contributed by atoms with Crippen LogP contribution in [0.2, 0.25) is 0 Å². The van der Waals surface area contributed by atoms with Crippen LogP contribution in [0.25, 0.3) is 21.5 Å². The van der Waals surface area contributed by atoms with E-state index in [9.17, 15) is 25.9 Å². The van der Waals surface area contributed by atoms with Crippen molar-refractivity contribution >= 4 is 90.7 Å². The van der Waals surface area contributed by atoms with Crippen LogP contribution in [0.4, 0.5) is 0 Å². The molecule has 4 rings (SSSR count). The monoisotopic (exact) mass is 1390 g/mol. The van der Waals surface area contributed by atoms with Gasteiger partial charge in [-0.1, -0.05) is 384 Å². The molecule has 0 aromatic heterocycles. The van der Waals surface area contributed by atoms with E-state index in [0.29, 0.717) is 12.8 Å². The van der Waals surface area contributed by atoms with Gasteiger partial charge in [-0.2, -0.15) is 0 Å². The van der Waals surface area contributed by atoms with E-state index in [1.54, 1.807) is 12.1 Å². The molecule has 0 fully saturated rings. The molecule has 0 radical (unpaired) electrons. The molecular weight excluding hydrogens is 1260 g/mol. The average molecular weight is 1390 g/mol. The normalized spacial score (nSPS) is 11.8. The second-order valence-corrected chi connectivity index (χ2v) is 29.8. The molecule has 0 saturated heterocycles. The summed E-state index contributed by atoms with van der Waals surface area (Å²) in [5.41, 5.74) is 4.08. The van der Waals surface area contributed by atoms with Crippen molar-refractivity contribution in [1.82, 2.24) is 0 Å². The number of hydrogen-bond acceptors (Lipinski definition) is 6. The first-order valence-electron chi connectivity index (χ1n) is 37.9. The first-order valence-corrected chi connectivity index (χ1v) is 40.8. The van der Waals surface area contributed by atoms with Gasteiger partial charge in [0.05, 0.1) is 9.79 Å². The van der Waals surface area contributed by atoms with Gasteiger partial charge in [-0.3, -0.25) is 0 Å². The minimum Gasteiger partial charge on any atom is -0.744 e. The molecule has 0 aliphatic heterocycles. The molecule has 0 unspecified atom stereocenters. The van der Waals surface area contributed by atoms with Crippen LogP contribution in [0.3, 0.4) is 0 Å². The molecule has 0 spiro atoms. The van der Waals surface area contributed by atoms with E-state index >= 15 is 0 Å². The molecule has 0 amide bonds.